The Morgan fingerprint density at radius 3 is 2.29 bits per heavy atom. The van der Waals surface area contributed by atoms with Gasteiger partial charge in [-0.3, -0.25) is 4.79 Å². The average molecular weight is 210 g/mol. The second kappa shape index (κ2) is 4.66. The second-order valence-corrected chi connectivity index (χ2v) is 3.56. The maximum atomic E-state index is 11.7. The zero-order valence-corrected chi connectivity index (χ0v) is 7.77. The molecule has 0 atom stereocenters. The molecule has 0 aromatic carbocycles. The molecule has 0 N–H and O–H groups in total. The maximum Gasteiger partial charge on any atom is 0.422 e. The van der Waals surface area contributed by atoms with Crippen molar-refractivity contribution in [3.63, 3.8) is 0 Å². The van der Waals surface area contributed by atoms with Crippen molar-refractivity contribution < 1.29 is 22.7 Å². The van der Waals surface area contributed by atoms with E-state index in [0.717, 1.165) is 19.3 Å². The number of carbonyl (C=O) groups is 1. The van der Waals surface area contributed by atoms with Gasteiger partial charge in [0.05, 0.1) is 5.92 Å². The Labute approximate surface area is 80.4 Å². The van der Waals surface area contributed by atoms with Gasteiger partial charge in [0.1, 0.15) is 0 Å². The van der Waals surface area contributed by atoms with Gasteiger partial charge < -0.3 is 4.74 Å². The average Bonchev–Trinajstić information content (AvgIpc) is 2.14. The standard InChI is InChI=1S/C9H13F3O2/c10-9(11,12)6-14-8(13)7-4-2-1-3-5-7/h7H,1-6H2. The van der Waals surface area contributed by atoms with Crippen LogP contribution in [-0.2, 0) is 9.53 Å². The lowest BCUT2D eigenvalue weighted by molar-refractivity contribution is -0.189. The Balaban J connectivity index is 2.27. The molecule has 0 radical (unpaired) electrons. The minimum Gasteiger partial charge on any atom is -0.456 e. The van der Waals surface area contributed by atoms with Gasteiger partial charge in [0, 0.05) is 0 Å². The summed E-state index contributed by atoms with van der Waals surface area (Å²) in [6.45, 7) is -1.46. The van der Waals surface area contributed by atoms with Gasteiger partial charge in [-0.05, 0) is 12.8 Å². The van der Waals surface area contributed by atoms with Crippen LogP contribution < -0.4 is 0 Å². The zero-order valence-electron chi connectivity index (χ0n) is 7.77. The molecule has 0 spiro atoms. The van der Waals surface area contributed by atoms with Crippen molar-refractivity contribution >= 4 is 5.97 Å². The largest absolute Gasteiger partial charge is 0.456 e. The van der Waals surface area contributed by atoms with Crippen molar-refractivity contribution in [1.29, 1.82) is 0 Å². The molecule has 82 valence electrons. The Morgan fingerprint density at radius 2 is 1.79 bits per heavy atom. The van der Waals surface area contributed by atoms with E-state index in [2.05, 4.69) is 4.74 Å². The number of ether oxygens (including phenoxy) is 1. The number of esters is 1. The molecule has 1 fully saturated rings. The molecule has 1 aliphatic rings. The Hall–Kier alpha value is -0.740. The molecule has 0 bridgehead atoms. The minimum atomic E-state index is -4.41. The molecule has 5 heteroatoms. The van der Waals surface area contributed by atoms with Crippen molar-refractivity contribution in [2.75, 3.05) is 6.61 Å². The molecule has 14 heavy (non-hydrogen) atoms. The van der Waals surface area contributed by atoms with E-state index in [1.54, 1.807) is 0 Å². The summed E-state index contributed by atoms with van der Waals surface area (Å²) < 4.78 is 39.3. The Kier molecular flexibility index (Phi) is 3.77. The molecule has 0 aliphatic heterocycles. The third-order valence-electron chi connectivity index (χ3n) is 2.32. The number of rotatable bonds is 2. The molecular weight excluding hydrogens is 197 g/mol. The summed E-state index contributed by atoms with van der Waals surface area (Å²) in [6, 6.07) is 0. The highest BCUT2D eigenvalue weighted by Gasteiger charge is 2.31. The molecule has 0 saturated heterocycles. The summed E-state index contributed by atoms with van der Waals surface area (Å²) in [6.07, 6.45) is -0.210. The van der Waals surface area contributed by atoms with E-state index in [4.69, 9.17) is 0 Å². The first kappa shape index (κ1) is 11.3. The number of alkyl halides is 3. The summed E-state index contributed by atoms with van der Waals surface area (Å²) >= 11 is 0. The Bertz CT molecular complexity index is 195. The summed E-state index contributed by atoms with van der Waals surface area (Å²) in [4.78, 5) is 11.1. The van der Waals surface area contributed by atoms with Crippen molar-refractivity contribution in [2.24, 2.45) is 5.92 Å². The first-order chi connectivity index (χ1) is 6.49. The van der Waals surface area contributed by atoms with Gasteiger partial charge in [-0.1, -0.05) is 19.3 Å². The number of halogens is 3. The summed E-state index contributed by atoms with van der Waals surface area (Å²) in [5.74, 6) is -1.01. The van der Waals surface area contributed by atoms with Gasteiger partial charge in [0.2, 0.25) is 0 Å². The third-order valence-corrected chi connectivity index (χ3v) is 2.32. The van der Waals surface area contributed by atoms with E-state index < -0.39 is 18.8 Å². The van der Waals surface area contributed by atoms with Gasteiger partial charge >= 0.3 is 12.1 Å². The van der Waals surface area contributed by atoms with Crippen molar-refractivity contribution in [3.05, 3.63) is 0 Å². The highest BCUT2D eigenvalue weighted by atomic mass is 19.4. The van der Waals surface area contributed by atoms with E-state index in [1.807, 2.05) is 0 Å². The molecule has 0 unspecified atom stereocenters. The molecule has 1 rings (SSSR count). The molecule has 0 aromatic rings. The number of hydrogen-bond acceptors (Lipinski definition) is 2. The van der Waals surface area contributed by atoms with Gasteiger partial charge in [-0.2, -0.15) is 13.2 Å². The summed E-state index contributed by atoms with van der Waals surface area (Å²) in [5, 5.41) is 0. The van der Waals surface area contributed by atoms with E-state index in [9.17, 15) is 18.0 Å². The van der Waals surface area contributed by atoms with E-state index in [-0.39, 0.29) is 5.92 Å². The lowest BCUT2D eigenvalue weighted by atomic mass is 9.89. The predicted octanol–water partition coefficient (Wildman–Crippen LogP) is 2.67. The van der Waals surface area contributed by atoms with Crippen LogP contribution in [0.1, 0.15) is 32.1 Å². The first-order valence-corrected chi connectivity index (χ1v) is 4.72. The van der Waals surface area contributed by atoms with Crippen LogP contribution in [0.4, 0.5) is 13.2 Å². The fourth-order valence-corrected chi connectivity index (χ4v) is 1.61. The highest BCUT2D eigenvalue weighted by molar-refractivity contribution is 5.72. The van der Waals surface area contributed by atoms with Gasteiger partial charge in [-0.25, -0.2) is 0 Å². The van der Waals surface area contributed by atoms with Gasteiger partial charge in [-0.15, -0.1) is 0 Å². The zero-order chi connectivity index (χ0) is 10.6. The number of hydrogen-bond donors (Lipinski definition) is 0. The van der Waals surface area contributed by atoms with Crippen LogP contribution in [0.5, 0.6) is 0 Å². The normalized spacial score (nSPS) is 19.4. The van der Waals surface area contributed by atoms with Crippen molar-refractivity contribution in [2.45, 2.75) is 38.3 Å². The van der Waals surface area contributed by atoms with Crippen LogP contribution in [0.3, 0.4) is 0 Å². The van der Waals surface area contributed by atoms with Crippen LogP contribution >= 0.6 is 0 Å². The van der Waals surface area contributed by atoms with Crippen LogP contribution in [0.25, 0.3) is 0 Å². The lowest BCUT2D eigenvalue weighted by Crippen LogP contribution is -2.26. The topological polar surface area (TPSA) is 26.3 Å². The summed E-state index contributed by atoms with van der Waals surface area (Å²) in [5.41, 5.74) is 0. The van der Waals surface area contributed by atoms with Crippen LogP contribution in [0, 0.1) is 5.92 Å². The minimum absolute atomic E-state index is 0.314. The third kappa shape index (κ3) is 3.98. The van der Waals surface area contributed by atoms with Crippen molar-refractivity contribution in [1.82, 2.24) is 0 Å². The first-order valence-electron chi connectivity index (χ1n) is 4.72. The molecule has 0 heterocycles. The second-order valence-electron chi connectivity index (χ2n) is 3.56. The summed E-state index contributed by atoms with van der Waals surface area (Å²) in [7, 11) is 0. The maximum absolute atomic E-state index is 11.7. The predicted molar refractivity (Wildman–Crippen MR) is 43.6 cm³/mol. The monoisotopic (exact) mass is 210 g/mol. The van der Waals surface area contributed by atoms with Crippen molar-refractivity contribution in [3.8, 4) is 0 Å². The fraction of sp³-hybridized carbons (Fsp3) is 0.889. The van der Waals surface area contributed by atoms with Crippen LogP contribution in [0.15, 0.2) is 0 Å². The van der Waals surface area contributed by atoms with Crippen LogP contribution in [0.2, 0.25) is 0 Å². The smallest absolute Gasteiger partial charge is 0.422 e. The molecule has 0 amide bonds. The molecule has 1 saturated carbocycles. The van der Waals surface area contributed by atoms with Crippen LogP contribution in [-0.4, -0.2) is 18.8 Å². The molecule has 1 aliphatic carbocycles. The highest BCUT2D eigenvalue weighted by Crippen LogP contribution is 2.25. The molecular formula is C9H13F3O2. The van der Waals surface area contributed by atoms with E-state index in [0.29, 0.717) is 12.8 Å². The lowest BCUT2D eigenvalue weighted by Gasteiger charge is -2.20. The Morgan fingerprint density at radius 1 is 1.21 bits per heavy atom. The quantitative estimate of drug-likeness (QED) is 0.655. The number of carbonyl (C=O) groups excluding carboxylic acids is 1. The van der Waals surface area contributed by atoms with E-state index >= 15 is 0 Å². The van der Waals surface area contributed by atoms with Gasteiger partial charge in [0.15, 0.2) is 6.61 Å². The molecule has 0 aromatic heterocycles. The van der Waals surface area contributed by atoms with Gasteiger partial charge in [0.25, 0.3) is 0 Å². The van der Waals surface area contributed by atoms with E-state index in [1.165, 1.54) is 0 Å². The molecule has 2 nitrogen and oxygen atoms in total. The SMILES string of the molecule is O=C(OCC(F)(F)F)C1CCCCC1. The fourth-order valence-electron chi connectivity index (χ4n) is 1.61.